The number of benzene rings is 1. The van der Waals surface area contributed by atoms with Crippen molar-refractivity contribution in [2.24, 2.45) is 17.6 Å². The molecule has 1 heterocycles. The topological polar surface area (TPSA) is 83.6 Å². The number of carbonyl (C=O) groups is 2. The number of anilines is 1. The fourth-order valence-electron chi connectivity index (χ4n) is 4.38. The molecule has 0 radical (unpaired) electrons. The van der Waals surface area contributed by atoms with Crippen molar-refractivity contribution in [3.8, 4) is 0 Å². The maximum absolute atomic E-state index is 14.0. The van der Waals surface area contributed by atoms with Crippen LogP contribution in [0.3, 0.4) is 0 Å². The van der Waals surface area contributed by atoms with Crippen molar-refractivity contribution >= 4 is 30.0 Å². The summed E-state index contributed by atoms with van der Waals surface area (Å²) in [6.45, 7) is 0.640. The van der Waals surface area contributed by atoms with Crippen LogP contribution in [-0.4, -0.2) is 29.6 Å². The molecule has 5 nitrogen and oxygen atoms in total. The molecule has 25 heavy (non-hydrogen) atoms. The Labute approximate surface area is 152 Å². The highest BCUT2D eigenvalue weighted by Gasteiger charge is 2.42. The van der Waals surface area contributed by atoms with Crippen molar-refractivity contribution in [1.82, 2.24) is 0 Å². The van der Waals surface area contributed by atoms with E-state index in [0.29, 0.717) is 18.2 Å². The largest absolute Gasteiger partial charge is 0.478 e. The van der Waals surface area contributed by atoms with Crippen LogP contribution in [0.15, 0.2) is 18.2 Å². The SMILES string of the molecule is Cl.NC(=O)[C@@H]1[C@H](C2CCCCC2)CCN1c1ccc(C(=O)O)c(F)c1. The maximum Gasteiger partial charge on any atom is 0.338 e. The molecular weight excluding hydrogens is 347 g/mol. The molecule has 0 bridgehead atoms. The van der Waals surface area contributed by atoms with Gasteiger partial charge in [0.15, 0.2) is 0 Å². The lowest BCUT2D eigenvalue weighted by atomic mass is 9.76. The van der Waals surface area contributed by atoms with E-state index < -0.39 is 17.8 Å². The van der Waals surface area contributed by atoms with Gasteiger partial charge in [-0.15, -0.1) is 12.4 Å². The fraction of sp³-hybridized carbons (Fsp3) is 0.556. The van der Waals surface area contributed by atoms with Crippen molar-refractivity contribution in [3.63, 3.8) is 0 Å². The lowest BCUT2D eigenvalue weighted by molar-refractivity contribution is -0.120. The number of carbonyl (C=O) groups excluding carboxylic acids is 1. The Morgan fingerprint density at radius 3 is 2.40 bits per heavy atom. The molecular formula is C18H24ClFN2O3. The molecule has 138 valence electrons. The summed E-state index contributed by atoms with van der Waals surface area (Å²) in [7, 11) is 0. The first kappa shape index (κ1) is 19.5. The zero-order valence-electron chi connectivity index (χ0n) is 14.0. The van der Waals surface area contributed by atoms with E-state index in [2.05, 4.69) is 0 Å². The first-order valence-corrected chi connectivity index (χ1v) is 8.58. The third kappa shape index (κ3) is 3.89. The van der Waals surface area contributed by atoms with Crippen molar-refractivity contribution in [2.45, 2.75) is 44.6 Å². The number of carboxylic acids is 1. The number of primary amides is 1. The Morgan fingerprint density at radius 2 is 1.84 bits per heavy atom. The highest BCUT2D eigenvalue weighted by molar-refractivity contribution is 5.89. The van der Waals surface area contributed by atoms with Gasteiger partial charge < -0.3 is 15.7 Å². The molecule has 0 spiro atoms. The predicted molar refractivity (Wildman–Crippen MR) is 95.6 cm³/mol. The monoisotopic (exact) mass is 370 g/mol. The average molecular weight is 371 g/mol. The van der Waals surface area contributed by atoms with Gasteiger partial charge in [-0.25, -0.2) is 9.18 Å². The van der Waals surface area contributed by atoms with Gasteiger partial charge in [-0.05, 0) is 36.5 Å². The predicted octanol–water partition coefficient (Wildman–Crippen LogP) is 3.21. The Morgan fingerprint density at radius 1 is 1.16 bits per heavy atom. The molecule has 1 saturated carbocycles. The lowest BCUT2D eigenvalue weighted by Crippen LogP contribution is -2.46. The van der Waals surface area contributed by atoms with E-state index in [4.69, 9.17) is 10.8 Å². The van der Waals surface area contributed by atoms with Crippen LogP contribution < -0.4 is 10.6 Å². The Balaban J connectivity index is 0.00000225. The van der Waals surface area contributed by atoms with Gasteiger partial charge in [0.25, 0.3) is 0 Å². The van der Waals surface area contributed by atoms with Gasteiger partial charge >= 0.3 is 5.97 Å². The number of nitrogens with two attached hydrogens (primary N) is 1. The number of rotatable bonds is 4. The number of aromatic carboxylic acids is 1. The fourth-order valence-corrected chi connectivity index (χ4v) is 4.38. The van der Waals surface area contributed by atoms with Crippen molar-refractivity contribution < 1.29 is 19.1 Å². The van der Waals surface area contributed by atoms with E-state index in [1.807, 2.05) is 4.90 Å². The van der Waals surface area contributed by atoms with E-state index in [1.165, 1.54) is 31.4 Å². The van der Waals surface area contributed by atoms with Crippen molar-refractivity contribution in [2.75, 3.05) is 11.4 Å². The summed E-state index contributed by atoms with van der Waals surface area (Å²) in [4.78, 5) is 24.9. The molecule has 2 atom stereocenters. The highest BCUT2D eigenvalue weighted by Crippen LogP contribution is 2.40. The molecule has 1 aromatic carbocycles. The normalized spacial score (nSPS) is 24.0. The molecule has 2 fully saturated rings. The summed E-state index contributed by atoms with van der Waals surface area (Å²) in [6.07, 6.45) is 6.73. The first-order chi connectivity index (χ1) is 11.5. The number of halogens is 2. The smallest absolute Gasteiger partial charge is 0.338 e. The number of nitrogens with zero attached hydrogens (tertiary/aromatic N) is 1. The van der Waals surface area contributed by atoms with Crippen LogP contribution in [0.25, 0.3) is 0 Å². The number of carboxylic acid groups (broad SMARTS) is 1. The molecule has 1 saturated heterocycles. The summed E-state index contributed by atoms with van der Waals surface area (Å²) in [5.74, 6) is -1.78. The van der Waals surface area contributed by atoms with E-state index in [-0.39, 0.29) is 29.8 Å². The minimum atomic E-state index is -1.30. The minimum absolute atomic E-state index is 0. The van der Waals surface area contributed by atoms with Crippen LogP contribution >= 0.6 is 12.4 Å². The number of amides is 1. The summed E-state index contributed by atoms with van der Waals surface area (Å²) >= 11 is 0. The molecule has 1 aromatic rings. The Bertz CT molecular complexity index is 649. The van der Waals surface area contributed by atoms with Gasteiger partial charge in [0, 0.05) is 12.2 Å². The molecule has 0 aromatic heterocycles. The van der Waals surface area contributed by atoms with Crippen molar-refractivity contribution in [1.29, 1.82) is 0 Å². The van der Waals surface area contributed by atoms with Crippen LogP contribution in [-0.2, 0) is 4.79 Å². The quantitative estimate of drug-likeness (QED) is 0.852. The molecule has 3 rings (SSSR count). The number of hydrogen-bond acceptors (Lipinski definition) is 3. The van der Waals surface area contributed by atoms with Crippen LogP contribution in [0, 0.1) is 17.7 Å². The molecule has 1 aliphatic carbocycles. The standard InChI is InChI=1S/C18H23FN2O3.ClH/c19-15-10-12(6-7-14(15)18(23)24)21-9-8-13(16(21)17(20)22)11-4-2-1-3-5-11;/h6-7,10-11,13,16H,1-5,8-9H2,(H2,20,22)(H,23,24);1H/t13-,16-;/m0./s1. The van der Waals surface area contributed by atoms with E-state index >= 15 is 0 Å². The summed E-state index contributed by atoms with van der Waals surface area (Å²) in [5, 5.41) is 8.95. The van der Waals surface area contributed by atoms with Crippen LogP contribution in [0.2, 0.25) is 0 Å². The van der Waals surface area contributed by atoms with Crippen LogP contribution in [0.4, 0.5) is 10.1 Å². The lowest BCUT2D eigenvalue weighted by Gasteiger charge is -2.33. The first-order valence-electron chi connectivity index (χ1n) is 8.58. The maximum atomic E-state index is 14.0. The van der Waals surface area contributed by atoms with Crippen molar-refractivity contribution in [3.05, 3.63) is 29.6 Å². The molecule has 1 aliphatic heterocycles. The van der Waals surface area contributed by atoms with Gasteiger partial charge in [0.2, 0.25) is 5.91 Å². The third-order valence-corrected chi connectivity index (χ3v) is 5.51. The molecule has 0 unspecified atom stereocenters. The van der Waals surface area contributed by atoms with E-state index in [9.17, 15) is 14.0 Å². The van der Waals surface area contributed by atoms with Gasteiger partial charge in [0.1, 0.15) is 11.9 Å². The summed E-state index contributed by atoms with van der Waals surface area (Å²) in [5.41, 5.74) is 5.83. The highest BCUT2D eigenvalue weighted by atomic mass is 35.5. The number of hydrogen-bond donors (Lipinski definition) is 2. The average Bonchev–Trinajstić information content (AvgIpc) is 3.00. The zero-order chi connectivity index (χ0) is 17.3. The molecule has 2 aliphatic rings. The summed E-state index contributed by atoms with van der Waals surface area (Å²) in [6, 6.07) is 3.57. The van der Waals surface area contributed by atoms with Gasteiger partial charge in [-0.1, -0.05) is 32.1 Å². The second-order valence-corrected chi connectivity index (χ2v) is 6.86. The van der Waals surface area contributed by atoms with E-state index in [1.54, 1.807) is 6.07 Å². The van der Waals surface area contributed by atoms with Gasteiger partial charge in [-0.3, -0.25) is 4.79 Å². The summed E-state index contributed by atoms with van der Waals surface area (Å²) < 4.78 is 14.0. The Hall–Kier alpha value is -1.82. The zero-order valence-corrected chi connectivity index (χ0v) is 14.8. The third-order valence-electron chi connectivity index (χ3n) is 5.51. The molecule has 1 amide bonds. The molecule has 3 N–H and O–H groups in total. The van der Waals surface area contributed by atoms with Gasteiger partial charge in [-0.2, -0.15) is 0 Å². The minimum Gasteiger partial charge on any atom is -0.478 e. The van der Waals surface area contributed by atoms with E-state index in [0.717, 1.165) is 19.3 Å². The molecule has 7 heteroatoms. The van der Waals surface area contributed by atoms with Gasteiger partial charge in [0.05, 0.1) is 5.56 Å². The second-order valence-electron chi connectivity index (χ2n) is 6.86. The van der Waals surface area contributed by atoms with Crippen LogP contribution in [0.1, 0.15) is 48.9 Å². The van der Waals surface area contributed by atoms with Crippen LogP contribution in [0.5, 0.6) is 0 Å². The Kier molecular flexibility index (Phi) is 6.27. The second kappa shape index (κ2) is 8.04.